The Hall–Kier alpha value is -1.74. The molecule has 0 saturated heterocycles. The predicted octanol–water partition coefficient (Wildman–Crippen LogP) is 5.19. The van der Waals surface area contributed by atoms with E-state index in [1.165, 1.54) is 31.8 Å². The van der Waals surface area contributed by atoms with Crippen molar-refractivity contribution >= 4 is 13.7 Å². The first-order chi connectivity index (χ1) is 25.8. The van der Waals surface area contributed by atoms with E-state index in [9.17, 15) is 50.0 Å². The number of nitrogens with one attached hydrogen (secondary N) is 1. The second kappa shape index (κ2) is 30.4. The first-order valence-corrected chi connectivity index (χ1v) is 21.7. The number of rotatable bonds is 31. The van der Waals surface area contributed by atoms with Gasteiger partial charge in [-0.05, 0) is 64.2 Å². The van der Waals surface area contributed by atoms with Crippen LogP contribution in [0.25, 0.3) is 0 Å². The van der Waals surface area contributed by atoms with Crippen LogP contribution in [0.3, 0.4) is 0 Å². The van der Waals surface area contributed by atoms with Gasteiger partial charge in [0.2, 0.25) is 5.91 Å². The van der Waals surface area contributed by atoms with Gasteiger partial charge in [0.1, 0.15) is 36.6 Å². The molecule has 0 aliphatic heterocycles. The van der Waals surface area contributed by atoms with Gasteiger partial charge >= 0.3 is 7.82 Å². The average molecular weight is 790 g/mol. The van der Waals surface area contributed by atoms with Gasteiger partial charge in [-0.25, -0.2) is 4.57 Å². The molecule has 1 aliphatic rings. The number of unbranched alkanes of at least 4 members (excludes halogenated alkanes) is 12. The molecule has 314 valence electrons. The van der Waals surface area contributed by atoms with Crippen LogP contribution in [0.2, 0.25) is 0 Å². The third-order valence-electron chi connectivity index (χ3n) is 9.39. The van der Waals surface area contributed by atoms with Crippen molar-refractivity contribution in [1.82, 2.24) is 5.32 Å². The van der Waals surface area contributed by atoms with E-state index in [0.717, 1.165) is 77.0 Å². The van der Waals surface area contributed by atoms with Crippen LogP contribution >= 0.6 is 7.82 Å². The quantitative estimate of drug-likeness (QED) is 0.0251. The molecule has 1 aliphatic carbocycles. The lowest BCUT2D eigenvalue weighted by atomic mass is 9.85. The highest BCUT2D eigenvalue weighted by atomic mass is 31.2. The molecule has 0 bridgehead atoms. The van der Waals surface area contributed by atoms with Crippen LogP contribution in [0.4, 0.5) is 0 Å². The van der Waals surface area contributed by atoms with Crippen molar-refractivity contribution in [3.05, 3.63) is 48.6 Å². The van der Waals surface area contributed by atoms with E-state index in [4.69, 9.17) is 9.05 Å². The molecule has 0 radical (unpaired) electrons. The fourth-order valence-corrected chi connectivity index (χ4v) is 6.96. The molecule has 0 aromatic rings. The van der Waals surface area contributed by atoms with E-state index in [-0.39, 0.29) is 6.42 Å². The lowest BCUT2D eigenvalue weighted by Crippen LogP contribution is -2.64. The second-order valence-corrected chi connectivity index (χ2v) is 15.7. The van der Waals surface area contributed by atoms with Gasteiger partial charge in [0, 0.05) is 0 Å². The van der Waals surface area contributed by atoms with Gasteiger partial charge in [0.05, 0.1) is 31.3 Å². The highest BCUT2D eigenvalue weighted by molar-refractivity contribution is 7.47. The van der Waals surface area contributed by atoms with Crippen molar-refractivity contribution in [3.63, 3.8) is 0 Å². The predicted molar refractivity (Wildman–Crippen MR) is 210 cm³/mol. The fourth-order valence-electron chi connectivity index (χ4n) is 5.99. The molecule has 8 atom stereocenters. The van der Waals surface area contributed by atoms with Gasteiger partial charge in [-0.1, -0.05) is 114 Å². The summed E-state index contributed by atoms with van der Waals surface area (Å²) in [6, 6.07) is -1.26. The minimum Gasteiger partial charge on any atom is -0.393 e. The Kier molecular flexibility index (Phi) is 28.3. The Bertz CT molecular complexity index is 1120. The molecular formula is C40H72NO12P. The smallest absolute Gasteiger partial charge is 0.393 e. The molecule has 1 saturated carbocycles. The minimum absolute atomic E-state index is 0.264. The Morgan fingerprint density at radius 3 is 1.74 bits per heavy atom. The number of allylic oxidation sites excluding steroid dienone is 7. The maximum atomic E-state index is 12.9. The summed E-state index contributed by atoms with van der Waals surface area (Å²) < 4.78 is 22.7. The lowest BCUT2D eigenvalue weighted by molar-refractivity contribution is -0.220. The summed E-state index contributed by atoms with van der Waals surface area (Å²) in [5.74, 6) is -0.617. The van der Waals surface area contributed by atoms with Crippen LogP contribution in [-0.4, -0.2) is 108 Å². The molecule has 9 N–H and O–H groups in total. The number of aliphatic hydroxyl groups excluding tert-OH is 7. The van der Waals surface area contributed by atoms with Crippen molar-refractivity contribution < 1.29 is 59.0 Å². The number of hydrogen-bond donors (Lipinski definition) is 9. The third kappa shape index (κ3) is 22.7. The number of hydrogen-bond acceptors (Lipinski definition) is 11. The molecule has 54 heavy (non-hydrogen) atoms. The minimum atomic E-state index is -5.14. The molecular weight excluding hydrogens is 717 g/mol. The summed E-state index contributed by atoms with van der Waals surface area (Å²) in [5, 5.41) is 74.0. The SMILES string of the molecule is CCCCC/C=C\C/C=C\CCCCCCCC(O)CC(=O)NC(COP(=O)(O)OC1C(O)C(O)C(O)C(O)C1O)C(O)/C=C/CC/C=C/CCCCC. The van der Waals surface area contributed by atoms with E-state index >= 15 is 0 Å². The van der Waals surface area contributed by atoms with E-state index in [1.54, 1.807) is 6.08 Å². The van der Waals surface area contributed by atoms with Crippen molar-refractivity contribution in [2.24, 2.45) is 0 Å². The van der Waals surface area contributed by atoms with E-state index < -0.39 is 75.2 Å². The number of carbonyl (C=O) groups excluding carboxylic acids is 1. The average Bonchev–Trinajstić information content (AvgIpc) is 3.14. The van der Waals surface area contributed by atoms with E-state index in [2.05, 4.69) is 49.5 Å². The summed E-state index contributed by atoms with van der Waals surface area (Å²) >= 11 is 0. The van der Waals surface area contributed by atoms with Gasteiger partial charge in [0.25, 0.3) is 0 Å². The van der Waals surface area contributed by atoms with Crippen molar-refractivity contribution in [3.8, 4) is 0 Å². The van der Waals surface area contributed by atoms with Gasteiger partial charge in [-0.15, -0.1) is 0 Å². The van der Waals surface area contributed by atoms with Crippen molar-refractivity contribution in [1.29, 1.82) is 0 Å². The standard InChI is InChI=1S/C40H72NO12P/c1-3-5-7-9-11-13-14-15-16-17-18-20-21-23-25-27-31(42)29-34(44)41-32(33(43)28-26-24-22-19-12-10-8-6-4-2)30-52-54(50,51)53-40-38(48)36(46)35(45)37(47)39(40)49/h11-13,15-16,19,26,28,31-33,35-40,42-43,45-49H,3-10,14,17-18,20-25,27,29-30H2,1-2H3,(H,41,44)(H,50,51)/b13-11-,16-15-,19-12+,28-26+. The zero-order chi connectivity index (χ0) is 40.2. The summed E-state index contributed by atoms with van der Waals surface area (Å²) in [4.78, 5) is 23.3. The molecule has 1 rings (SSSR count). The van der Waals surface area contributed by atoms with Gasteiger partial charge in [0.15, 0.2) is 0 Å². The number of carbonyl (C=O) groups is 1. The molecule has 8 unspecified atom stereocenters. The van der Waals surface area contributed by atoms with Crippen molar-refractivity contribution in [2.45, 2.75) is 191 Å². The normalized spacial score (nSPS) is 25.1. The summed E-state index contributed by atoms with van der Waals surface area (Å²) in [6.07, 6.45) is 19.5. The third-order valence-corrected chi connectivity index (χ3v) is 10.4. The Labute approximate surface area is 323 Å². The molecule has 1 amide bonds. The summed E-state index contributed by atoms with van der Waals surface area (Å²) in [5.41, 5.74) is 0. The molecule has 0 aromatic carbocycles. The van der Waals surface area contributed by atoms with Crippen LogP contribution in [0, 0.1) is 0 Å². The largest absolute Gasteiger partial charge is 0.472 e. The van der Waals surface area contributed by atoms with Crippen LogP contribution in [0.5, 0.6) is 0 Å². The molecule has 0 aromatic heterocycles. The lowest BCUT2D eigenvalue weighted by Gasteiger charge is -2.41. The Balaban J connectivity index is 2.61. The zero-order valence-corrected chi connectivity index (χ0v) is 33.5. The zero-order valence-electron chi connectivity index (χ0n) is 32.6. The first kappa shape index (κ1) is 50.3. The Morgan fingerprint density at radius 2 is 1.15 bits per heavy atom. The van der Waals surface area contributed by atoms with Gasteiger partial charge in [-0.2, -0.15) is 0 Å². The number of phosphoric acid groups is 1. The molecule has 0 spiro atoms. The molecule has 14 heteroatoms. The van der Waals surface area contributed by atoms with Crippen LogP contribution in [0.1, 0.15) is 136 Å². The highest BCUT2D eigenvalue weighted by Gasteiger charge is 2.51. The maximum absolute atomic E-state index is 12.9. The fraction of sp³-hybridized carbons (Fsp3) is 0.775. The number of phosphoric ester groups is 1. The summed E-state index contributed by atoms with van der Waals surface area (Å²) in [7, 11) is -5.14. The molecule has 0 heterocycles. The maximum Gasteiger partial charge on any atom is 0.472 e. The Morgan fingerprint density at radius 1 is 0.667 bits per heavy atom. The van der Waals surface area contributed by atoms with E-state index in [0.29, 0.717) is 12.8 Å². The number of aliphatic hydroxyl groups is 7. The molecule has 1 fully saturated rings. The van der Waals surface area contributed by atoms with Crippen LogP contribution in [0.15, 0.2) is 48.6 Å². The number of amides is 1. The highest BCUT2D eigenvalue weighted by Crippen LogP contribution is 2.47. The topological polar surface area (TPSA) is 226 Å². The monoisotopic (exact) mass is 789 g/mol. The summed E-state index contributed by atoms with van der Waals surface area (Å²) in [6.45, 7) is 3.59. The second-order valence-electron chi connectivity index (χ2n) is 14.3. The van der Waals surface area contributed by atoms with Crippen LogP contribution < -0.4 is 5.32 Å². The first-order valence-electron chi connectivity index (χ1n) is 20.2. The van der Waals surface area contributed by atoms with Crippen LogP contribution in [-0.2, 0) is 18.4 Å². The molecule has 13 nitrogen and oxygen atoms in total. The van der Waals surface area contributed by atoms with E-state index in [1.807, 2.05) is 6.08 Å². The van der Waals surface area contributed by atoms with Gasteiger partial charge in [-0.3, -0.25) is 13.8 Å². The van der Waals surface area contributed by atoms with Crippen molar-refractivity contribution in [2.75, 3.05) is 6.61 Å². The van der Waals surface area contributed by atoms with Gasteiger partial charge < -0.3 is 46.0 Å².